The van der Waals surface area contributed by atoms with Crippen LogP contribution in [0.3, 0.4) is 0 Å². The van der Waals surface area contributed by atoms with E-state index in [1.807, 2.05) is 0 Å². The van der Waals surface area contributed by atoms with Crippen molar-refractivity contribution in [2.45, 2.75) is 49.4 Å². The van der Waals surface area contributed by atoms with Gasteiger partial charge in [-0.25, -0.2) is 0 Å². The number of fused-ring (bicyclic) bond motifs is 20. The summed E-state index contributed by atoms with van der Waals surface area (Å²) in [4.78, 5) is 0. The van der Waals surface area contributed by atoms with Crippen LogP contribution in [0.25, 0.3) is 89.0 Å². The lowest BCUT2D eigenvalue weighted by Gasteiger charge is -2.35. The maximum atomic E-state index is 2.56. The van der Waals surface area contributed by atoms with Crippen molar-refractivity contribution in [1.82, 2.24) is 0 Å². The van der Waals surface area contributed by atoms with Gasteiger partial charge in [-0.1, -0.05) is 276 Å². The van der Waals surface area contributed by atoms with Gasteiger partial charge in [0.05, 0.1) is 10.8 Å². The summed E-state index contributed by atoms with van der Waals surface area (Å²) in [5.74, 6) is 0. The van der Waals surface area contributed by atoms with Crippen LogP contribution in [0.15, 0.2) is 267 Å². The molecule has 5 aliphatic carbocycles. The Morgan fingerprint density at radius 1 is 0.188 bits per heavy atom. The topological polar surface area (TPSA) is 0 Å². The van der Waals surface area contributed by atoms with Crippen molar-refractivity contribution in [3.05, 3.63) is 334 Å². The molecule has 80 heavy (non-hydrogen) atoms. The summed E-state index contributed by atoms with van der Waals surface area (Å²) in [5, 5.41) is 0. The van der Waals surface area contributed by atoms with E-state index in [9.17, 15) is 0 Å². The monoisotopic (exact) mass is 1020 g/mol. The molecule has 0 aromatic heterocycles. The van der Waals surface area contributed by atoms with Gasteiger partial charge in [-0.05, 0) is 174 Å². The first-order valence-corrected chi connectivity index (χ1v) is 28.6. The summed E-state index contributed by atoms with van der Waals surface area (Å²) in [7, 11) is 0. The Kier molecular flexibility index (Phi) is 9.20. The zero-order valence-corrected chi connectivity index (χ0v) is 45.4. The van der Waals surface area contributed by atoms with Crippen molar-refractivity contribution in [2.75, 3.05) is 0 Å². The van der Waals surface area contributed by atoms with E-state index in [1.54, 1.807) is 0 Å². The van der Waals surface area contributed by atoms with Gasteiger partial charge in [0.2, 0.25) is 0 Å². The summed E-state index contributed by atoms with van der Waals surface area (Å²) in [6, 6.07) is 103. The Bertz CT molecular complexity index is 4460. The van der Waals surface area contributed by atoms with Crippen molar-refractivity contribution in [1.29, 1.82) is 0 Å². The minimum Gasteiger partial charge on any atom is -0.0622 e. The SMILES string of the molecule is CC1(C)c2ccccc2-c2c(-c3cccc(C4(c5cccc(-c6cccc7c6-c6ccccc6C7(C)C)c5)c5cc(-c6ccccc6)ccc5-c5c4ccc4c5-c5ccccc5C45c4ccccc4-c4ccccc45)c3)cccc21. The summed E-state index contributed by atoms with van der Waals surface area (Å²) in [6.45, 7) is 9.56. The minimum atomic E-state index is -0.767. The van der Waals surface area contributed by atoms with Crippen LogP contribution in [0.5, 0.6) is 0 Å². The van der Waals surface area contributed by atoms with Crippen LogP contribution in [0, 0.1) is 0 Å². The van der Waals surface area contributed by atoms with Gasteiger partial charge in [-0.2, -0.15) is 0 Å². The van der Waals surface area contributed by atoms with Gasteiger partial charge < -0.3 is 0 Å². The Morgan fingerprint density at radius 2 is 0.550 bits per heavy atom. The van der Waals surface area contributed by atoms with Gasteiger partial charge in [-0.3, -0.25) is 0 Å². The van der Waals surface area contributed by atoms with E-state index in [4.69, 9.17) is 0 Å². The highest BCUT2D eigenvalue weighted by atomic mass is 14.6. The molecule has 0 saturated heterocycles. The molecule has 376 valence electrons. The fraction of sp³-hybridized carbons (Fsp3) is 0.100. The fourth-order valence-corrected chi connectivity index (χ4v) is 16.4. The predicted octanol–water partition coefficient (Wildman–Crippen LogP) is 20.0. The van der Waals surface area contributed by atoms with Crippen molar-refractivity contribution >= 4 is 0 Å². The normalized spacial score (nSPS) is 15.7. The molecule has 5 aliphatic rings. The fourth-order valence-electron chi connectivity index (χ4n) is 16.4. The molecular weight excluding hydrogens is 961 g/mol. The lowest BCUT2D eigenvalue weighted by molar-refractivity contribution is 0.660. The largest absolute Gasteiger partial charge is 0.0725 e. The molecule has 0 bridgehead atoms. The average Bonchev–Trinajstić information content (AvgIpc) is 4.21. The third-order valence-electron chi connectivity index (χ3n) is 19.8. The van der Waals surface area contributed by atoms with Crippen LogP contribution in [0.1, 0.15) is 94.5 Å². The Hall–Kier alpha value is -9.36. The molecule has 0 unspecified atom stereocenters. The third kappa shape index (κ3) is 5.66. The zero-order chi connectivity index (χ0) is 53.3. The van der Waals surface area contributed by atoms with Crippen molar-refractivity contribution in [2.24, 2.45) is 0 Å². The lowest BCUT2D eigenvalue weighted by atomic mass is 9.66. The highest BCUT2D eigenvalue weighted by Gasteiger charge is 2.55. The Labute approximate surface area is 469 Å². The second-order valence-corrected chi connectivity index (χ2v) is 24.1. The van der Waals surface area contributed by atoms with Crippen LogP contribution in [0.4, 0.5) is 0 Å². The molecule has 0 fully saturated rings. The molecule has 0 saturated carbocycles. The van der Waals surface area contributed by atoms with Crippen molar-refractivity contribution in [3.63, 3.8) is 0 Å². The highest BCUT2D eigenvalue weighted by Crippen LogP contribution is 2.68. The van der Waals surface area contributed by atoms with E-state index in [0.717, 1.165) is 0 Å². The molecule has 0 heterocycles. The maximum absolute atomic E-state index is 2.56. The molecular formula is C80H56. The summed E-state index contributed by atoms with van der Waals surface area (Å²) in [6.07, 6.45) is 0. The van der Waals surface area contributed by atoms with E-state index in [1.165, 1.54) is 156 Å². The summed E-state index contributed by atoms with van der Waals surface area (Å²) in [5.41, 5.74) is 35.2. The van der Waals surface area contributed by atoms with E-state index >= 15 is 0 Å². The van der Waals surface area contributed by atoms with Crippen LogP contribution in [0.2, 0.25) is 0 Å². The van der Waals surface area contributed by atoms with E-state index in [-0.39, 0.29) is 10.8 Å². The molecule has 0 atom stereocenters. The molecule has 0 aliphatic heterocycles. The first-order valence-electron chi connectivity index (χ1n) is 28.6. The van der Waals surface area contributed by atoms with Crippen molar-refractivity contribution < 1.29 is 0 Å². The molecule has 0 amide bonds. The second kappa shape index (κ2) is 16.1. The molecule has 0 N–H and O–H groups in total. The number of rotatable bonds is 5. The van der Waals surface area contributed by atoms with Crippen molar-refractivity contribution in [3.8, 4) is 89.0 Å². The Balaban J connectivity index is 1.00. The van der Waals surface area contributed by atoms with Crippen LogP contribution >= 0.6 is 0 Å². The highest BCUT2D eigenvalue weighted by molar-refractivity contribution is 6.05. The summed E-state index contributed by atoms with van der Waals surface area (Å²) < 4.78 is 0. The third-order valence-corrected chi connectivity index (χ3v) is 19.8. The lowest BCUT2D eigenvalue weighted by Crippen LogP contribution is -2.29. The number of benzene rings is 12. The van der Waals surface area contributed by atoms with Crippen LogP contribution < -0.4 is 0 Å². The molecule has 12 aromatic rings. The summed E-state index contributed by atoms with van der Waals surface area (Å²) >= 11 is 0. The van der Waals surface area contributed by atoms with Crippen LogP contribution in [-0.4, -0.2) is 0 Å². The van der Waals surface area contributed by atoms with Gasteiger partial charge in [0, 0.05) is 10.8 Å². The van der Waals surface area contributed by atoms with Gasteiger partial charge in [-0.15, -0.1) is 0 Å². The number of hydrogen-bond donors (Lipinski definition) is 0. The quantitative estimate of drug-likeness (QED) is 0.161. The molecule has 12 aromatic carbocycles. The standard InChI is InChI=1S/C80H56/c1-77(2)63-35-13-10-30-59(63)73-55(33-20-40-68(73)77)51-24-18-26-53(46-51)79(54-27-19-25-52(47-54)56-34-21-41-69-74(56)60-31-11-14-36-64(60)78(69,3)4)70-44-45-71-75(76(70)62-43-42-50(48-72(62)79)49-22-6-5-7-23-49)61-32-12-17-39-67(61)80(71)65-37-15-8-28-57(65)58-29-9-16-38-66(58)80/h5-48H,1-4H3. The molecule has 1 spiro atoms. The van der Waals surface area contributed by atoms with Crippen LogP contribution in [-0.2, 0) is 21.7 Å². The van der Waals surface area contributed by atoms with E-state index in [2.05, 4.69) is 295 Å². The first kappa shape index (κ1) is 45.6. The zero-order valence-electron chi connectivity index (χ0n) is 45.4. The van der Waals surface area contributed by atoms with Gasteiger partial charge in [0.1, 0.15) is 0 Å². The first-order chi connectivity index (χ1) is 39.2. The van der Waals surface area contributed by atoms with E-state index < -0.39 is 10.8 Å². The molecule has 0 heteroatoms. The molecule has 0 nitrogen and oxygen atoms in total. The average molecular weight is 1020 g/mol. The second-order valence-electron chi connectivity index (χ2n) is 24.1. The predicted molar refractivity (Wildman–Crippen MR) is 331 cm³/mol. The smallest absolute Gasteiger partial charge is 0.0622 e. The number of hydrogen-bond acceptors (Lipinski definition) is 0. The minimum absolute atomic E-state index is 0.125. The van der Waals surface area contributed by atoms with E-state index in [0.29, 0.717) is 0 Å². The van der Waals surface area contributed by atoms with Gasteiger partial charge in [0.15, 0.2) is 0 Å². The molecule has 0 radical (unpaired) electrons. The maximum Gasteiger partial charge on any atom is 0.0725 e. The van der Waals surface area contributed by atoms with Gasteiger partial charge in [0.25, 0.3) is 0 Å². The van der Waals surface area contributed by atoms with Gasteiger partial charge >= 0.3 is 0 Å². The molecule has 17 rings (SSSR count). The Morgan fingerprint density at radius 3 is 1.06 bits per heavy atom.